The minimum Gasteiger partial charge on any atom is -0.477 e. The van der Waals surface area contributed by atoms with Gasteiger partial charge in [-0.2, -0.15) is 0 Å². The smallest absolute Gasteiger partial charge is 0.348 e. The van der Waals surface area contributed by atoms with Crippen LogP contribution in [0.1, 0.15) is 92.8 Å². The first kappa shape index (κ1) is 30.8. The molecule has 1 atom stereocenters. The number of hydrogen-bond acceptors (Lipinski definition) is 6. The first-order chi connectivity index (χ1) is 19.4. The number of allylic oxidation sites excluding steroid dienone is 2. The van der Waals surface area contributed by atoms with Gasteiger partial charge < -0.3 is 19.6 Å². The van der Waals surface area contributed by atoms with Crippen LogP contribution in [0.5, 0.6) is 5.88 Å². The average Bonchev–Trinajstić information content (AvgIpc) is 3.33. The Morgan fingerprint density at radius 3 is 2.49 bits per heavy atom. The highest BCUT2D eigenvalue weighted by atomic mass is 32.1. The van der Waals surface area contributed by atoms with Crippen LogP contribution >= 0.6 is 11.3 Å². The summed E-state index contributed by atoms with van der Waals surface area (Å²) in [4.78, 5) is 35.7. The molecule has 2 aliphatic carbocycles. The Bertz CT molecular complexity index is 1340. The van der Waals surface area contributed by atoms with Crippen LogP contribution in [0.3, 0.4) is 0 Å². The number of pyridine rings is 1. The summed E-state index contributed by atoms with van der Waals surface area (Å²) < 4.78 is 6.28. The van der Waals surface area contributed by atoms with Crippen molar-refractivity contribution in [1.82, 2.24) is 9.88 Å². The zero-order chi connectivity index (χ0) is 29.7. The van der Waals surface area contributed by atoms with Crippen LogP contribution in [0.2, 0.25) is 0 Å². The lowest BCUT2D eigenvalue weighted by Gasteiger charge is -2.38. The Morgan fingerprint density at radius 1 is 1.15 bits per heavy atom. The molecule has 2 aromatic heterocycles. The normalized spacial score (nSPS) is 21.0. The van der Waals surface area contributed by atoms with E-state index in [-0.39, 0.29) is 34.3 Å². The van der Waals surface area contributed by atoms with Crippen LogP contribution in [0.25, 0.3) is 0 Å². The summed E-state index contributed by atoms with van der Waals surface area (Å²) >= 11 is 1.16. The summed E-state index contributed by atoms with van der Waals surface area (Å²) in [6.07, 6.45) is 9.29. The number of anilines is 1. The zero-order valence-corrected chi connectivity index (χ0v) is 26.0. The summed E-state index contributed by atoms with van der Waals surface area (Å²) in [7, 11) is 4.06. The van der Waals surface area contributed by atoms with Crippen molar-refractivity contribution in [2.24, 2.45) is 11.3 Å². The van der Waals surface area contributed by atoms with Crippen molar-refractivity contribution in [2.45, 2.75) is 91.3 Å². The fourth-order valence-electron chi connectivity index (χ4n) is 5.48. The third kappa shape index (κ3) is 8.43. The number of carbonyl (C=O) groups excluding carboxylic acids is 1. The second-order valence-corrected chi connectivity index (χ2v) is 13.7. The minimum absolute atomic E-state index is 0.000189. The van der Waals surface area contributed by atoms with E-state index in [9.17, 15) is 14.7 Å². The molecule has 1 amide bonds. The van der Waals surface area contributed by atoms with Gasteiger partial charge in [-0.1, -0.05) is 23.5 Å². The van der Waals surface area contributed by atoms with Gasteiger partial charge in [-0.3, -0.25) is 4.79 Å². The van der Waals surface area contributed by atoms with Gasteiger partial charge in [-0.05, 0) is 104 Å². The molecule has 0 aliphatic heterocycles. The van der Waals surface area contributed by atoms with Crippen LogP contribution in [-0.4, -0.2) is 53.1 Å². The van der Waals surface area contributed by atoms with Crippen molar-refractivity contribution < 1.29 is 19.4 Å². The minimum atomic E-state index is -1.02. The maximum Gasteiger partial charge on any atom is 0.348 e. The molecule has 220 valence electrons. The Labute approximate surface area is 248 Å². The molecule has 1 N–H and O–H groups in total. The highest BCUT2D eigenvalue weighted by molar-refractivity contribution is 7.15. The van der Waals surface area contributed by atoms with Crippen LogP contribution in [0, 0.1) is 23.2 Å². The Hall–Kier alpha value is -3.15. The predicted molar refractivity (Wildman–Crippen MR) is 164 cm³/mol. The maximum atomic E-state index is 14.1. The molecule has 0 bridgehead atoms. The van der Waals surface area contributed by atoms with Crippen LogP contribution in [0.15, 0.2) is 36.0 Å². The highest BCUT2D eigenvalue weighted by Crippen LogP contribution is 2.38. The number of nitrogens with zero attached hydrogens (tertiary/aromatic N) is 3. The van der Waals surface area contributed by atoms with Gasteiger partial charge in [0.15, 0.2) is 0 Å². The molecule has 4 rings (SSSR count). The number of carboxylic acid groups (broad SMARTS) is 1. The molecule has 0 radical (unpaired) electrons. The highest BCUT2D eigenvalue weighted by Gasteiger charge is 2.37. The second-order valence-electron chi connectivity index (χ2n) is 12.6. The van der Waals surface area contributed by atoms with Crippen molar-refractivity contribution >= 4 is 28.9 Å². The van der Waals surface area contributed by atoms with E-state index in [4.69, 9.17) is 4.74 Å². The number of carboxylic acids is 1. The van der Waals surface area contributed by atoms with Crippen molar-refractivity contribution in [3.63, 3.8) is 0 Å². The number of aromatic carboxylic acids is 1. The fourth-order valence-corrected chi connectivity index (χ4v) is 6.32. The van der Waals surface area contributed by atoms with Gasteiger partial charge >= 0.3 is 5.97 Å². The average molecular weight is 578 g/mol. The number of ether oxygens (including phenoxy) is 1. The topological polar surface area (TPSA) is 83.0 Å². The monoisotopic (exact) mass is 577 g/mol. The molecular formula is C33H43N3O4S. The van der Waals surface area contributed by atoms with Crippen molar-refractivity contribution in [3.05, 3.63) is 51.4 Å². The van der Waals surface area contributed by atoms with Crippen molar-refractivity contribution in [1.29, 1.82) is 0 Å². The molecule has 0 spiro atoms. The fraction of sp³-hybridized carbons (Fsp3) is 0.545. The van der Waals surface area contributed by atoms with E-state index in [2.05, 4.69) is 34.7 Å². The standard InChI is InChI=1S/C33H43N3O4S/c1-22-7-9-24(10-8-22)31(37)36(28-20-27(15-17-33(2,3)4)41-30(28)32(38)39)25-11-13-26(14-12-25)40-29-19-23(16-18-34-29)21-35(5)6/h7,16,18-20,24-26H,8-14,21H2,1-6H3,(H,38,39)/t24-,25?,26?/m1/s1. The quantitative estimate of drug-likeness (QED) is 0.275. The number of rotatable bonds is 8. The molecule has 2 aromatic rings. The molecule has 2 heterocycles. The van der Waals surface area contributed by atoms with Gasteiger partial charge in [0, 0.05) is 36.2 Å². The third-order valence-electron chi connectivity index (χ3n) is 7.55. The summed E-state index contributed by atoms with van der Waals surface area (Å²) in [5.74, 6) is 5.84. The van der Waals surface area contributed by atoms with Gasteiger partial charge in [-0.15, -0.1) is 11.3 Å². The lowest BCUT2D eigenvalue weighted by atomic mass is 9.86. The van der Waals surface area contributed by atoms with Crippen molar-refractivity contribution in [3.8, 4) is 17.7 Å². The lowest BCUT2D eigenvalue weighted by Crippen LogP contribution is -2.47. The molecule has 2 aliphatic rings. The third-order valence-corrected chi connectivity index (χ3v) is 8.57. The number of aromatic nitrogens is 1. The van der Waals surface area contributed by atoms with E-state index in [1.165, 1.54) is 5.57 Å². The first-order valence-electron chi connectivity index (χ1n) is 14.5. The van der Waals surface area contributed by atoms with Gasteiger partial charge in [0.1, 0.15) is 11.0 Å². The molecule has 7 nitrogen and oxygen atoms in total. The Kier molecular flexibility index (Phi) is 9.93. The number of carbonyl (C=O) groups is 2. The van der Waals surface area contributed by atoms with Crippen molar-refractivity contribution in [2.75, 3.05) is 19.0 Å². The van der Waals surface area contributed by atoms with E-state index < -0.39 is 5.97 Å². The number of thiophene rings is 1. The molecule has 1 saturated carbocycles. The van der Waals surface area contributed by atoms with E-state index in [1.54, 1.807) is 6.20 Å². The van der Waals surface area contributed by atoms with Crippen LogP contribution in [-0.2, 0) is 11.3 Å². The van der Waals surface area contributed by atoms with Gasteiger partial charge in [0.05, 0.1) is 10.6 Å². The summed E-state index contributed by atoms with van der Waals surface area (Å²) in [6.45, 7) is 8.99. The SMILES string of the molecule is CC1=CC[C@@H](C(=O)N(c2cc(C#CC(C)(C)C)sc2C(=O)O)C2CCC(Oc3cc(CN(C)C)ccn3)CC2)CC1. The lowest BCUT2D eigenvalue weighted by molar-refractivity contribution is -0.123. The van der Waals surface area contributed by atoms with Gasteiger partial charge in [0.2, 0.25) is 11.8 Å². The van der Waals surface area contributed by atoms with E-state index in [0.29, 0.717) is 22.9 Å². The molecule has 1 fully saturated rings. The number of hydrogen-bond donors (Lipinski definition) is 1. The number of amides is 1. The summed E-state index contributed by atoms with van der Waals surface area (Å²) in [5.41, 5.74) is 2.72. The Balaban J connectivity index is 1.58. The van der Waals surface area contributed by atoms with Crippen LogP contribution in [0.4, 0.5) is 5.69 Å². The predicted octanol–water partition coefficient (Wildman–Crippen LogP) is 6.77. The molecular weight excluding hydrogens is 534 g/mol. The summed E-state index contributed by atoms with van der Waals surface area (Å²) in [5, 5.41) is 10.1. The Morgan fingerprint density at radius 2 is 1.88 bits per heavy atom. The van der Waals surface area contributed by atoms with Gasteiger partial charge in [0.25, 0.3) is 0 Å². The molecule has 8 heteroatoms. The van der Waals surface area contributed by atoms with E-state index in [1.807, 2.05) is 58.0 Å². The van der Waals surface area contributed by atoms with Gasteiger partial charge in [-0.25, -0.2) is 9.78 Å². The zero-order valence-electron chi connectivity index (χ0n) is 25.2. The van der Waals surface area contributed by atoms with Crippen LogP contribution < -0.4 is 9.64 Å². The molecule has 0 aromatic carbocycles. The largest absolute Gasteiger partial charge is 0.477 e. The van der Waals surface area contributed by atoms with E-state index >= 15 is 0 Å². The molecule has 0 unspecified atom stereocenters. The molecule has 0 saturated heterocycles. The molecule has 41 heavy (non-hydrogen) atoms. The maximum absolute atomic E-state index is 14.1. The van der Waals surface area contributed by atoms with E-state index in [0.717, 1.165) is 62.0 Å². The summed E-state index contributed by atoms with van der Waals surface area (Å²) in [6, 6.07) is 5.71. The second kappa shape index (κ2) is 13.2. The first-order valence-corrected chi connectivity index (χ1v) is 15.4.